The van der Waals surface area contributed by atoms with E-state index in [0.717, 1.165) is 24.4 Å². The van der Waals surface area contributed by atoms with Gasteiger partial charge in [-0.2, -0.15) is 0 Å². The smallest absolute Gasteiger partial charge is 0.0775 e. The van der Waals surface area contributed by atoms with Gasteiger partial charge in [-0.25, -0.2) is 0 Å². The fraction of sp³-hybridized carbons (Fsp3) is 0.647. The van der Waals surface area contributed by atoms with Crippen molar-refractivity contribution in [3.05, 3.63) is 34.9 Å². The van der Waals surface area contributed by atoms with Gasteiger partial charge in [0.1, 0.15) is 0 Å². The van der Waals surface area contributed by atoms with Crippen molar-refractivity contribution in [2.45, 2.75) is 52.7 Å². The van der Waals surface area contributed by atoms with Gasteiger partial charge < -0.3 is 10.1 Å². The second-order valence-electron chi connectivity index (χ2n) is 6.41. The van der Waals surface area contributed by atoms with Crippen LogP contribution in [0.3, 0.4) is 0 Å². The Morgan fingerprint density at radius 1 is 1.20 bits per heavy atom. The minimum absolute atomic E-state index is 0.104. The van der Waals surface area contributed by atoms with Gasteiger partial charge in [0.05, 0.1) is 6.10 Å². The summed E-state index contributed by atoms with van der Waals surface area (Å²) >= 11 is 5.95. The summed E-state index contributed by atoms with van der Waals surface area (Å²) in [6.45, 7) is 9.87. The molecular formula is C17H28ClNO. The van der Waals surface area contributed by atoms with Crippen molar-refractivity contribution in [2.24, 2.45) is 5.41 Å². The summed E-state index contributed by atoms with van der Waals surface area (Å²) in [6.07, 6.45) is 2.25. The van der Waals surface area contributed by atoms with Crippen LogP contribution in [0.5, 0.6) is 0 Å². The van der Waals surface area contributed by atoms with Crippen LogP contribution in [-0.2, 0) is 11.2 Å². The van der Waals surface area contributed by atoms with Crippen LogP contribution < -0.4 is 5.32 Å². The Morgan fingerprint density at radius 3 is 2.25 bits per heavy atom. The lowest BCUT2D eigenvalue weighted by molar-refractivity contribution is -0.0109. The second-order valence-corrected chi connectivity index (χ2v) is 6.85. The van der Waals surface area contributed by atoms with Gasteiger partial charge in [0, 0.05) is 18.2 Å². The molecule has 0 aliphatic heterocycles. The summed E-state index contributed by atoms with van der Waals surface area (Å²) in [5, 5.41) is 4.42. The van der Waals surface area contributed by atoms with E-state index in [-0.39, 0.29) is 11.5 Å². The lowest BCUT2D eigenvalue weighted by atomic mass is 9.82. The maximum Gasteiger partial charge on any atom is 0.0775 e. The zero-order valence-electron chi connectivity index (χ0n) is 13.4. The minimum Gasteiger partial charge on any atom is -0.379 e. The third-order valence-electron chi connectivity index (χ3n) is 3.50. The van der Waals surface area contributed by atoms with Crippen LogP contribution in [-0.4, -0.2) is 25.8 Å². The van der Waals surface area contributed by atoms with Gasteiger partial charge in [-0.05, 0) is 42.5 Å². The number of nitrogens with one attached hydrogen (secondary N) is 1. The summed E-state index contributed by atoms with van der Waals surface area (Å²) in [5.74, 6) is 0. The van der Waals surface area contributed by atoms with Crippen molar-refractivity contribution in [2.75, 3.05) is 13.7 Å². The maximum atomic E-state index is 5.95. The molecule has 0 radical (unpaired) electrons. The van der Waals surface area contributed by atoms with Gasteiger partial charge in [-0.15, -0.1) is 0 Å². The molecular weight excluding hydrogens is 270 g/mol. The molecule has 0 aliphatic rings. The summed E-state index contributed by atoms with van der Waals surface area (Å²) in [5.41, 5.74) is 1.39. The highest BCUT2D eigenvalue weighted by atomic mass is 35.5. The van der Waals surface area contributed by atoms with E-state index < -0.39 is 0 Å². The van der Waals surface area contributed by atoms with E-state index in [4.69, 9.17) is 16.3 Å². The van der Waals surface area contributed by atoms with E-state index in [9.17, 15) is 0 Å². The van der Waals surface area contributed by atoms with Gasteiger partial charge >= 0.3 is 0 Å². The molecule has 2 nitrogen and oxygen atoms in total. The molecule has 1 N–H and O–H groups in total. The molecule has 0 aromatic heterocycles. The molecule has 0 fully saturated rings. The molecule has 0 saturated heterocycles. The molecule has 0 aliphatic carbocycles. The van der Waals surface area contributed by atoms with Crippen molar-refractivity contribution in [3.63, 3.8) is 0 Å². The first-order chi connectivity index (χ1) is 9.38. The molecule has 0 bridgehead atoms. The van der Waals surface area contributed by atoms with Crippen molar-refractivity contribution in [1.29, 1.82) is 0 Å². The SMILES string of the molecule is CCCNC(Cc1ccc(Cl)cc1)C(OC)C(C)(C)C. The highest BCUT2D eigenvalue weighted by Crippen LogP contribution is 2.26. The van der Waals surface area contributed by atoms with E-state index in [2.05, 4.69) is 45.1 Å². The van der Waals surface area contributed by atoms with Gasteiger partial charge in [0.15, 0.2) is 0 Å². The Bertz CT molecular complexity index is 383. The highest BCUT2D eigenvalue weighted by molar-refractivity contribution is 6.30. The van der Waals surface area contributed by atoms with Crippen LogP contribution in [0, 0.1) is 5.41 Å². The van der Waals surface area contributed by atoms with Gasteiger partial charge in [0.2, 0.25) is 0 Å². The van der Waals surface area contributed by atoms with Crippen LogP contribution in [0.4, 0.5) is 0 Å². The average Bonchev–Trinajstić information content (AvgIpc) is 2.37. The van der Waals surface area contributed by atoms with Crippen LogP contribution >= 0.6 is 11.6 Å². The summed E-state index contributed by atoms with van der Waals surface area (Å²) < 4.78 is 5.78. The van der Waals surface area contributed by atoms with Crippen LogP contribution in [0.25, 0.3) is 0 Å². The summed E-state index contributed by atoms with van der Waals surface area (Å²) in [4.78, 5) is 0. The molecule has 20 heavy (non-hydrogen) atoms. The molecule has 1 aromatic rings. The maximum absolute atomic E-state index is 5.95. The van der Waals surface area contributed by atoms with E-state index in [1.54, 1.807) is 7.11 Å². The molecule has 0 amide bonds. The van der Waals surface area contributed by atoms with E-state index in [0.29, 0.717) is 6.04 Å². The normalized spacial score (nSPS) is 15.1. The average molecular weight is 298 g/mol. The van der Waals surface area contributed by atoms with E-state index in [1.165, 1.54) is 5.56 Å². The van der Waals surface area contributed by atoms with Gasteiger partial charge in [-0.3, -0.25) is 0 Å². The van der Waals surface area contributed by atoms with Crippen molar-refractivity contribution in [1.82, 2.24) is 5.32 Å². The number of benzene rings is 1. The number of methoxy groups -OCH3 is 1. The van der Waals surface area contributed by atoms with Crippen molar-refractivity contribution in [3.8, 4) is 0 Å². The zero-order valence-corrected chi connectivity index (χ0v) is 14.1. The lowest BCUT2D eigenvalue weighted by Crippen LogP contribution is -2.49. The standard InChI is InChI=1S/C17H28ClNO/c1-6-11-19-15(16(20-5)17(2,3)4)12-13-7-9-14(18)10-8-13/h7-10,15-16,19H,6,11-12H2,1-5H3. The predicted molar refractivity (Wildman–Crippen MR) is 87.5 cm³/mol. The molecule has 3 heteroatoms. The Labute approximate surface area is 128 Å². The monoisotopic (exact) mass is 297 g/mol. The van der Waals surface area contributed by atoms with E-state index in [1.807, 2.05) is 12.1 Å². The summed E-state index contributed by atoms with van der Waals surface area (Å²) in [6, 6.07) is 8.40. The topological polar surface area (TPSA) is 21.3 Å². The molecule has 1 aromatic carbocycles. The summed E-state index contributed by atoms with van der Waals surface area (Å²) in [7, 11) is 1.80. The van der Waals surface area contributed by atoms with Crippen LogP contribution in [0.1, 0.15) is 39.7 Å². The molecule has 1 rings (SSSR count). The fourth-order valence-electron chi connectivity index (χ4n) is 2.61. The second kappa shape index (κ2) is 8.02. The van der Waals surface area contributed by atoms with Gasteiger partial charge in [0.25, 0.3) is 0 Å². The molecule has 114 valence electrons. The lowest BCUT2D eigenvalue weighted by Gasteiger charge is -2.36. The third-order valence-corrected chi connectivity index (χ3v) is 3.75. The number of ether oxygens (including phenoxy) is 1. The molecule has 2 unspecified atom stereocenters. The third kappa shape index (κ3) is 5.43. The first-order valence-electron chi connectivity index (χ1n) is 7.39. The largest absolute Gasteiger partial charge is 0.379 e. The number of hydrogen-bond acceptors (Lipinski definition) is 2. The quantitative estimate of drug-likeness (QED) is 0.809. The molecule has 0 heterocycles. The number of halogens is 1. The first kappa shape index (κ1) is 17.5. The zero-order chi connectivity index (χ0) is 15.2. The molecule has 0 saturated carbocycles. The molecule has 0 spiro atoms. The molecule has 2 atom stereocenters. The minimum atomic E-state index is 0.104. The van der Waals surface area contributed by atoms with Crippen molar-refractivity contribution < 1.29 is 4.74 Å². The Kier molecular flexibility index (Phi) is 7.01. The first-order valence-corrected chi connectivity index (χ1v) is 7.77. The van der Waals surface area contributed by atoms with E-state index >= 15 is 0 Å². The fourth-order valence-corrected chi connectivity index (χ4v) is 2.74. The Hall–Kier alpha value is -0.570. The Morgan fingerprint density at radius 2 is 1.80 bits per heavy atom. The highest BCUT2D eigenvalue weighted by Gasteiger charge is 2.32. The van der Waals surface area contributed by atoms with Crippen molar-refractivity contribution >= 4 is 11.6 Å². The van der Waals surface area contributed by atoms with Crippen LogP contribution in [0.15, 0.2) is 24.3 Å². The predicted octanol–water partition coefficient (Wildman–Crippen LogP) is 4.31. The Balaban J connectivity index is 2.84. The van der Waals surface area contributed by atoms with Crippen LogP contribution in [0.2, 0.25) is 5.02 Å². The number of hydrogen-bond donors (Lipinski definition) is 1. The van der Waals surface area contributed by atoms with Gasteiger partial charge in [-0.1, -0.05) is 51.4 Å². The number of rotatable bonds is 7.